The molecular formula is C28H31NO5S. The van der Waals surface area contributed by atoms with Crippen LogP contribution in [0, 0.1) is 6.92 Å². The zero-order chi connectivity index (χ0) is 25.2. The average Bonchev–Trinajstić information content (AvgIpc) is 2.86. The van der Waals surface area contributed by atoms with Gasteiger partial charge in [-0.15, -0.1) is 0 Å². The molecule has 0 saturated carbocycles. The van der Waals surface area contributed by atoms with Crippen LogP contribution in [0.4, 0.5) is 0 Å². The van der Waals surface area contributed by atoms with Crippen molar-refractivity contribution in [3.63, 3.8) is 0 Å². The molecule has 184 valence electrons. The molecule has 6 nitrogen and oxygen atoms in total. The van der Waals surface area contributed by atoms with Crippen LogP contribution in [0.1, 0.15) is 39.0 Å². The third-order valence-electron chi connectivity index (χ3n) is 5.69. The Bertz CT molecular complexity index is 1160. The van der Waals surface area contributed by atoms with Crippen LogP contribution < -0.4 is 5.32 Å². The molecule has 0 fully saturated rings. The molecule has 0 aliphatic carbocycles. The summed E-state index contributed by atoms with van der Waals surface area (Å²) in [4.78, 5) is 24.8. The van der Waals surface area contributed by atoms with E-state index >= 15 is 0 Å². The van der Waals surface area contributed by atoms with Crippen molar-refractivity contribution in [1.29, 1.82) is 0 Å². The molecule has 3 N–H and O–H groups in total. The lowest BCUT2D eigenvalue weighted by Gasteiger charge is -2.18. The van der Waals surface area contributed by atoms with Crippen LogP contribution in [0.25, 0.3) is 11.1 Å². The Hall–Kier alpha value is -3.13. The van der Waals surface area contributed by atoms with Gasteiger partial charge in [-0.2, -0.15) is 11.8 Å². The van der Waals surface area contributed by atoms with Gasteiger partial charge in [0.05, 0.1) is 19.8 Å². The lowest BCUT2D eigenvalue weighted by Crippen LogP contribution is -2.41. The van der Waals surface area contributed by atoms with Crippen molar-refractivity contribution in [2.24, 2.45) is 0 Å². The fraction of sp³-hybridized carbons (Fsp3) is 0.286. The van der Waals surface area contributed by atoms with Gasteiger partial charge in [-0.1, -0.05) is 54.6 Å². The summed E-state index contributed by atoms with van der Waals surface area (Å²) < 4.78 is 5.90. The normalized spacial score (nSPS) is 11.7. The number of thioether (sulfide) groups is 1. The summed E-state index contributed by atoms with van der Waals surface area (Å²) in [7, 11) is 0. The van der Waals surface area contributed by atoms with Gasteiger partial charge >= 0.3 is 5.97 Å². The molecule has 0 aliphatic heterocycles. The average molecular weight is 494 g/mol. The topological polar surface area (TPSA) is 95.9 Å². The lowest BCUT2D eigenvalue weighted by atomic mass is 9.93. The molecule has 0 spiro atoms. The largest absolute Gasteiger partial charge is 0.480 e. The Labute approximate surface area is 210 Å². The first-order valence-electron chi connectivity index (χ1n) is 11.4. The van der Waals surface area contributed by atoms with Crippen molar-refractivity contribution < 1.29 is 24.5 Å². The summed E-state index contributed by atoms with van der Waals surface area (Å²) in [6.45, 7) is 2.70. The molecular weight excluding hydrogens is 462 g/mol. The number of aryl methyl sites for hydroxylation is 1. The van der Waals surface area contributed by atoms with E-state index in [1.165, 1.54) is 0 Å². The maximum atomic E-state index is 13.2. The van der Waals surface area contributed by atoms with Crippen molar-refractivity contribution in [1.82, 2.24) is 5.32 Å². The highest BCUT2D eigenvalue weighted by Gasteiger charge is 2.22. The van der Waals surface area contributed by atoms with Crippen molar-refractivity contribution in [3.8, 4) is 11.1 Å². The molecule has 1 amide bonds. The predicted octanol–water partition coefficient (Wildman–Crippen LogP) is 4.81. The first-order chi connectivity index (χ1) is 16.9. The maximum absolute atomic E-state index is 13.2. The summed E-state index contributed by atoms with van der Waals surface area (Å²) in [6, 6.07) is 19.9. The van der Waals surface area contributed by atoms with Crippen LogP contribution in [0.5, 0.6) is 0 Å². The smallest absolute Gasteiger partial charge is 0.326 e. The Morgan fingerprint density at radius 2 is 1.66 bits per heavy atom. The van der Waals surface area contributed by atoms with Crippen LogP contribution in [-0.2, 0) is 29.4 Å². The van der Waals surface area contributed by atoms with Gasteiger partial charge in [0.15, 0.2) is 0 Å². The third kappa shape index (κ3) is 7.42. The Morgan fingerprint density at radius 1 is 0.943 bits per heavy atom. The number of amides is 1. The SMILES string of the molecule is CSCC[C@H](NC(=O)c1ccc(COCc2cccc(CO)c2)cc1-c1ccccc1C)C(=O)O. The van der Waals surface area contributed by atoms with E-state index in [0.29, 0.717) is 31.0 Å². The van der Waals surface area contributed by atoms with Gasteiger partial charge in [0, 0.05) is 5.56 Å². The van der Waals surface area contributed by atoms with Gasteiger partial charge < -0.3 is 20.3 Å². The number of aliphatic hydroxyl groups excluding tert-OH is 1. The minimum atomic E-state index is -1.04. The molecule has 3 rings (SSSR count). The van der Waals surface area contributed by atoms with Gasteiger partial charge in [-0.25, -0.2) is 4.79 Å². The molecule has 3 aromatic rings. The number of nitrogens with one attached hydrogen (secondary N) is 1. The number of carbonyl (C=O) groups excluding carboxylic acids is 1. The number of benzene rings is 3. The van der Waals surface area contributed by atoms with E-state index in [-0.39, 0.29) is 6.61 Å². The lowest BCUT2D eigenvalue weighted by molar-refractivity contribution is -0.139. The monoisotopic (exact) mass is 493 g/mol. The second-order valence-electron chi connectivity index (χ2n) is 8.31. The minimum Gasteiger partial charge on any atom is -0.480 e. The molecule has 0 unspecified atom stereocenters. The third-order valence-corrected chi connectivity index (χ3v) is 6.33. The van der Waals surface area contributed by atoms with Crippen LogP contribution in [0.2, 0.25) is 0 Å². The quantitative estimate of drug-likeness (QED) is 0.335. The summed E-state index contributed by atoms with van der Waals surface area (Å²) in [5, 5.41) is 21.5. The highest BCUT2D eigenvalue weighted by atomic mass is 32.2. The van der Waals surface area contributed by atoms with Crippen molar-refractivity contribution in [2.45, 2.75) is 39.2 Å². The minimum absolute atomic E-state index is 0.0167. The van der Waals surface area contributed by atoms with Crippen LogP contribution in [-0.4, -0.2) is 40.1 Å². The molecule has 7 heteroatoms. The number of ether oxygens (including phenoxy) is 1. The Morgan fingerprint density at radius 3 is 2.34 bits per heavy atom. The van der Waals surface area contributed by atoms with Gasteiger partial charge in [-0.3, -0.25) is 4.79 Å². The van der Waals surface area contributed by atoms with E-state index < -0.39 is 17.9 Å². The van der Waals surface area contributed by atoms with Crippen molar-refractivity contribution >= 4 is 23.6 Å². The molecule has 0 bridgehead atoms. The van der Waals surface area contributed by atoms with Crippen LogP contribution in [0.15, 0.2) is 66.7 Å². The van der Waals surface area contributed by atoms with E-state index in [1.807, 2.05) is 73.8 Å². The number of hydrogen-bond donors (Lipinski definition) is 3. The van der Waals surface area contributed by atoms with E-state index in [2.05, 4.69) is 5.32 Å². The Kier molecular flexibility index (Phi) is 9.90. The first-order valence-corrected chi connectivity index (χ1v) is 12.8. The summed E-state index contributed by atoms with van der Waals surface area (Å²) >= 11 is 1.54. The summed E-state index contributed by atoms with van der Waals surface area (Å²) in [5.41, 5.74) is 5.78. The number of aliphatic carboxylic acids is 1. The number of carboxylic acids is 1. The van der Waals surface area contributed by atoms with Gasteiger partial charge in [0.25, 0.3) is 5.91 Å². The molecule has 0 radical (unpaired) electrons. The highest BCUT2D eigenvalue weighted by molar-refractivity contribution is 7.98. The van der Waals surface area contributed by atoms with E-state index in [1.54, 1.807) is 17.8 Å². The maximum Gasteiger partial charge on any atom is 0.326 e. The molecule has 0 saturated heterocycles. The molecule has 0 heterocycles. The molecule has 1 atom stereocenters. The first kappa shape index (κ1) is 26.5. The second-order valence-corrected chi connectivity index (χ2v) is 9.30. The zero-order valence-corrected chi connectivity index (χ0v) is 20.8. The molecule has 0 aromatic heterocycles. The van der Waals surface area contributed by atoms with Gasteiger partial charge in [-0.05, 0) is 70.9 Å². The van der Waals surface area contributed by atoms with Crippen LogP contribution in [0.3, 0.4) is 0 Å². The van der Waals surface area contributed by atoms with Crippen LogP contribution >= 0.6 is 11.8 Å². The van der Waals surface area contributed by atoms with Crippen molar-refractivity contribution in [2.75, 3.05) is 12.0 Å². The summed E-state index contributed by atoms with van der Waals surface area (Å²) in [5.74, 6) is -0.815. The fourth-order valence-corrected chi connectivity index (χ4v) is 4.28. The number of rotatable bonds is 12. The summed E-state index contributed by atoms with van der Waals surface area (Å²) in [6.07, 6.45) is 2.26. The fourth-order valence-electron chi connectivity index (χ4n) is 3.81. The Balaban J connectivity index is 1.83. The molecule has 35 heavy (non-hydrogen) atoms. The predicted molar refractivity (Wildman–Crippen MR) is 139 cm³/mol. The van der Waals surface area contributed by atoms with E-state index in [9.17, 15) is 19.8 Å². The number of carbonyl (C=O) groups is 2. The van der Waals surface area contributed by atoms with E-state index in [0.717, 1.165) is 33.4 Å². The number of hydrogen-bond acceptors (Lipinski definition) is 5. The highest BCUT2D eigenvalue weighted by Crippen LogP contribution is 2.29. The van der Waals surface area contributed by atoms with Crippen molar-refractivity contribution in [3.05, 3.63) is 94.5 Å². The molecule has 0 aliphatic rings. The standard InChI is InChI=1S/C28H31NO5S/c1-19-6-3-4-9-23(19)25-15-22(18-34-17-21-8-5-7-20(14-21)16-30)10-11-24(25)27(31)29-26(28(32)33)12-13-35-2/h3-11,14-15,26,30H,12-13,16-18H2,1-2H3,(H,29,31)(H,32,33)/t26-/m0/s1. The van der Waals surface area contributed by atoms with Gasteiger partial charge in [0.2, 0.25) is 0 Å². The van der Waals surface area contributed by atoms with E-state index in [4.69, 9.17) is 4.74 Å². The van der Waals surface area contributed by atoms with Gasteiger partial charge in [0.1, 0.15) is 6.04 Å². The zero-order valence-electron chi connectivity index (χ0n) is 20.0. The number of aliphatic hydroxyl groups is 1. The number of carboxylic acid groups (broad SMARTS) is 1. The second kappa shape index (κ2) is 13.1. The molecule has 3 aromatic carbocycles.